The molecule has 1 atom stereocenters. The number of aliphatic hydroxyl groups is 1. The summed E-state index contributed by atoms with van der Waals surface area (Å²) in [5.74, 6) is 1.10. The molecule has 27 heavy (non-hydrogen) atoms. The lowest BCUT2D eigenvalue weighted by atomic mass is 10.1. The first-order chi connectivity index (χ1) is 12.5. The van der Waals surface area contributed by atoms with Crippen molar-refractivity contribution >= 4 is 35.8 Å². The van der Waals surface area contributed by atoms with Crippen molar-refractivity contribution < 1.29 is 14.6 Å². The van der Waals surface area contributed by atoms with Crippen molar-refractivity contribution in [2.75, 3.05) is 26.2 Å². The molecule has 0 fully saturated rings. The molecule has 0 spiro atoms. The molecule has 0 saturated heterocycles. The van der Waals surface area contributed by atoms with Gasteiger partial charge in [0.05, 0.1) is 12.2 Å². The molecule has 0 aliphatic heterocycles. The Hall–Kier alpha value is -1.55. The second kappa shape index (κ2) is 14.5. The first kappa shape index (κ1) is 25.4. The number of amides is 1. The monoisotopic (exact) mass is 492 g/mol. The van der Waals surface area contributed by atoms with Crippen molar-refractivity contribution in [2.45, 2.75) is 46.3 Å². The van der Waals surface area contributed by atoms with E-state index in [0.29, 0.717) is 19.0 Å². The minimum atomic E-state index is -0.719. The summed E-state index contributed by atoms with van der Waals surface area (Å²) >= 11 is 0. The molecule has 0 aromatic heterocycles. The normalized spacial score (nSPS) is 12.1. The van der Waals surface area contributed by atoms with Crippen LogP contribution in [0.15, 0.2) is 29.3 Å². The molecule has 0 aliphatic carbocycles. The maximum Gasteiger partial charge on any atom is 0.241 e. The summed E-state index contributed by atoms with van der Waals surface area (Å²) < 4.78 is 5.65. The van der Waals surface area contributed by atoms with Gasteiger partial charge in [-0.05, 0) is 44.9 Å². The molecule has 1 amide bonds. The van der Waals surface area contributed by atoms with Crippen molar-refractivity contribution in [1.82, 2.24) is 16.0 Å². The van der Waals surface area contributed by atoms with Gasteiger partial charge in [0.2, 0.25) is 5.91 Å². The molecular weight excluding hydrogens is 459 g/mol. The van der Waals surface area contributed by atoms with Gasteiger partial charge >= 0.3 is 0 Å². The molecule has 0 bridgehead atoms. The Morgan fingerprint density at radius 1 is 1.22 bits per heavy atom. The number of aliphatic imine (C=N–C) groups is 1. The van der Waals surface area contributed by atoms with Gasteiger partial charge in [-0.25, -0.2) is 4.99 Å². The van der Waals surface area contributed by atoms with E-state index in [1.54, 1.807) is 0 Å². The molecule has 1 aromatic rings. The first-order valence-corrected chi connectivity index (χ1v) is 9.19. The zero-order valence-electron chi connectivity index (χ0n) is 16.6. The third-order valence-corrected chi connectivity index (χ3v) is 3.37. The molecular formula is C19H33IN4O3. The zero-order valence-corrected chi connectivity index (χ0v) is 18.9. The fraction of sp³-hybridized carbons (Fsp3) is 0.579. The van der Waals surface area contributed by atoms with Gasteiger partial charge in [-0.15, -0.1) is 24.0 Å². The van der Waals surface area contributed by atoms with E-state index in [-0.39, 0.29) is 49.1 Å². The van der Waals surface area contributed by atoms with Crippen LogP contribution in [0.3, 0.4) is 0 Å². The van der Waals surface area contributed by atoms with Crippen LogP contribution in [0.1, 0.15) is 45.8 Å². The largest absolute Gasteiger partial charge is 0.491 e. The molecule has 1 aromatic carbocycles. The van der Waals surface area contributed by atoms with Crippen LogP contribution < -0.4 is 20.7 Å². The van der Waals surface area contributed by atoms with Crippen LogP contribution in [0, 0.1) is 0 Å². The molecule has 8 heteroatoms. The molecule has 154 valence electrons. The predicted octanol–water partition coefficient (Wildman–Crippen LogP) is 2.21. The Morgan fingerprint density at radius 2 is 1.96 bits per heavy atom. The Kier molecular flexibility index (Phi) is 13.7. The van der Waals surface area contributed by atoms with Gasteiger partial charge in [0.15, 0.2) is 5.96 Å². The van der Waals surface area contributed by atoms with Gasteiger partial charge in [0, 0.05) is 19.6 Å². The summed E-state index contributed by atoms with van der Waals surface area (Å²) in [7, 11) is 0. The SMILES string of the molecule is CCCNC(=O)CN=C(NCC)NCC(O)c1cccc(OC(C)C)c1.I. The van der Waals surface area contributed by atoms with E-state index >= 15 is 0 Å². The fourth-order valence-corrected chi connectivity index (χ4v) is 2.19. The number of carbonyl (C=O) groups is 1. The van der Waals surface area contributed by atoms with Gasteiger partial charge in [-0.2, -0.15) is 0 Å². The molecule has 0 aliphatic rings. The highest BCUT2D eigenvalue weighted by Gasteiger charge is 2.10. The van der Waals surface area contributed by atoms with E-state index in [4.69, 9.17) is 4.74 Å². The third kappa shape index (κ3) is 11.0. The zero-order chi connectivity index (χ0) is 19.4. The number of ether oxygens (including phenoxy) is 1. The number of carbonyl (C=O) groups excluding carboxylic acids is 1. The second-order valence-corrected chi connectivity index (χ2v) is 6.18. The number of nitrogens with zero attached hydrogens (tertiary/aromatic N) is 1. The summed E-state index contributed by atoms with van der Waals surface area (Å²) in [4.78, 5) is 15.9. The Bertz CT molecular complexity index is 582. The molecule has 0 saturated carbocycles. The molecule has 7 nitrogen and oxygen atoms in total. The first-order valence-electron chi connectivity index (χ1n) is 9.19. The second-order valence-electron chi connectivity index (χ2n) is 6.18. The number of aliphatic hydroxyl groups excluding tert-OH is 1. The number of rotatable bonds is 10. The van der Waals surface area contributed by atoms with Crippen LogP contribution in [-0.4, -0.2) is 49.3 Å². The van der Waals surface area contributed by atoms with Crippen LogP contribution in [0.4, 0.5) is 0 Å². The summed E-state index contributed by atoms with van der Waals surface area (Å²) in [5.41, 5.74) is 0.757. The molecule has 0 heterocycles. The number of guanidine groups is 1. The van der Waals surface area contributed by atoms with Crippen molar-refractivity contribution in [3.05, 3.63) is 29.8 Å². The lowest BCUT2D eigenvalue weighted by Crippen LogP contribution is -2.40. The standard InChI is InChI=1S/C19H32N4O3.HI/c1-5-10-21-18(25)13-23-19(20-6-2)22-12-17(24)15-8-7-9-16(11-15)26-14(3)4;/h7-9,11,14,17,24H,5-6,10,12-13H2,1-4H3,(H,21,25)(H2,20,22,23);1H. The average molecular weight is 492 g/mol. The molecule has 4 N–H and O–H groups in total. The van der Waals surface area contributed by atoms with Gasteiger partial charge in [0.1, 0.15) is 12.3 Å². The van der Waals surface area contributed by atoms with Crippen LogP contribution in [0.25, 0.3) is 0 Å². The van der Waals surface area contributed by atoms with Gasteiger partial charge in [-0.3, -0.25) is 4.79 Å². The van der Waals surface area contributed by atoms with E-state index in [9.17, 15) is 9.90 Å². The van der Waals surface area contributed by atoms with E-state index in [0.717, 1.165) is 17.7 Å². The van der Waals surface area contributed by atoms with Crippen molar-refractivity contribution in [1.29, 1.82) is 0 Å². The summed E-state index contributed by atoms with van der Waals surface area (Å²) in [6.07, 6.45) is 0.245. The Labute approximate surface area is 179 Å². The lowest BCUT2D eigenvalue weighted by molar-refractivity contribution is -0.119. The highest BCUT2D eigenvalue weighted by atomic mass is 127. The Balaban J connectivity index is 0.00000676. The lowest BCUT2D eigenvalue weighted by Gasteiger charge is -2.17. The van der Waals surface area contributed by atoms with Gasteiger partial charge in [-0.1, -0.05) is 19.1 Å². The Morgan fingerprint density at radius 3 is 2.59 bits per heavy atom. The molecule has 0 radical (unpaired) electrons. The number of halogens is 1. The average Bonchev–Trinajstić information content (AvgIpc) is 2.61. The van der Waals surface area contributed by atoms with Gasteiger partial charge < -0.3 is 25.8 Å². The quantitative estimate of drug-likeness (QED) is 0.228. The fourth-order valence-electron chi connectivity index (χ4n) is 2.19. The minimum Gasteiger partial charge on any atom is -0.491 e. The maximum atomic E-state index is 11.7. The highest BCUT2D eigenvalue weighted by molar-refractivity contribution is 14.0. The van der Waals surface area contributed by atoms with E-state index < -0.39 is 6.10 Å². The highest BCUT2D eigenvalue weighted by Crippen LogP contribution is 2.19. The number of hydrogen-bond acceptors (Lipinski definition) is 4. The van der Waals surface area contributed by atoms with E-state index in [2.05, 4.69) is 20.9 Å². The van der Waals surface area contributed by atoms with Crippen molar-refractivity contribution in [2.24, 2.45) is 4.99 Å². The van der Waals surface area contributed by atoms with E-state index in [1.165, 1.54) is 0 Å². The van der Waals surface area contributed by atoms with Crippen molar-refractivity contribution in [3.63, 3.8) is 0 Å². The molecule has 1 unspecified atom stereocenters. The topological polar surface area (TPSA) is 95.0 Å². The predicted molar refractivity (Wildman–Crippen MR) is 120 cm³/mol. The smallest absolute Gasteiger partial charge is 0.241 e. The summed E-state index contributed by atoms with van der Waals surface area (Å²) in [6, 6.07) is 7.40. The number of benzene rings is 1. The third-order valence-electron chi connectivity index (χ3n) is 3.37. The van der Waals surface area contributed by atoms with Crippen LogP contribution >= 0.6 is 24.0 Å². The van der Waals surface area contributed by atoms with Crippen molar-refractivity contribution in [3.8, 4) is 5.75 Å². The maximum absolute atomic E-state index is 11.7. The number of nitrogens with one attached hydrogen (secondary N) is 3. The minimum absolute atomic E-state index is 0. The molecule has 1 rings (SSSR count). The summed E-state index contributed by atoms with van der Waals surface area (Å²) in [6.45, 7) is 9.48. The summed E-state index contributed by atoms with van der Waals surface area (Å²) in [5, 5.41) is 19.3. The van der Waals surface area contributed by atoms with Crippen LogP contribution in [0.2, 0.25) is 0 Å². The van der Waals surface area contributed by atoms with Gasteiger partial charge in [0.25, 0.3) is 0 Å². The van der Waals surface area contributed by atoms with Crippen LogP contribution in [-0.2, 0) is 4.79 Å². The number of hydrogen-bond donors (Lipinski definition) is 4. The van der Waals surface area contributed by atoms with E-state index in [1.807, 2.05) is 52.0 Å². The van der Waals surface area contributed by atoms with Crippen LogP contribution in [0.5, 0.6) is 5.75 Å².